The molecule has 1 aromatic carbocycles. The quantitative estimate of drug-likeness (QED) is 0.286. The van der Waals surface area contributed by atoms with Gasteiger partial charge in [-0.2, -0.15) is 9.29 Å². The first-order chi connectivity index (χ1) is 19.4. The molecule has 0 saturated carbocycles. The number of sulfonamides is 1. The zero-order valence-corrected chi connectivity index (χ0v) is 24.2. The maximum absolute atomic E-state index is 13.2. The highest BCUT2D eigenvalue weighted by atomic mass is 32.2. The molecule has 0 unspecified atom stereocenters. The van der Waals surface area contributed by atoms with Gasteiger partial charge in [0.25, 0.3) is 5.56 Å². The smallest absolute Gasteiger partial charge is 0.278 e. The molecule has 216 valence electrons. The van der Waals surface area contributed by atoms with Crippen molar-refractivity contribution in [2.45, 2.75) is 32.5 Å². The topological polar surface area (TPSA) is 138 Å². The molecule has 13 heteroatoms. The molecule has 0 aliphatic carbocycles. The molecule has 4 aromatic rings. The molecule has 0 atom stereocenters. The lowest BCUT2D eigenvalue weighted by molar-refractivity contribution is 0.0738. The van der Waals surface area contributed by atoms with Crippen molar-refractivity contribution in [1.29, 1.82) is 0 Å². The molecule has 1 aliphatic rings. The average Bonchev–Trinajstić information content (AvgIpc) is 3.20. The number of fused-ring (bicyclic) bond motifs is 1. The number of benzene rings is 1. The van der Waals surface area contributed by atoms with Crippen LogP contribution in [0, 0.1) is 0 Å². The Bertz CT molecular complexity index is 1730. The molecule has 2 N–H and O–H groups in total. The Hall–Kier alpha value is -3.91. The minimum Gasteiger partial charge on any atom is -0.384 e. The normalized spacial score (nSPS) is 15.3. The maximum Gasteiger partial charge on any atom is 0.278 e. The number of nitrogens with zero attached hydrogens (tertiary/aromatic N) is 7. The van der Waals surface area contributed by atoms with Crippen LogP contribution in [0.5, 0.6) is 0 Å². The van der Waals surface area contributed by atoms with Crippen LogP contribution in [-0.2, 0) is 28.7 Å². The molecular formula is C28H34N8O4S. The van der Waals surface area contributed by atoms with Crippen molar-refractivity contribution in [3.63, 3.8) is 0 Å². The lowest BCUT2D eigenvalue weighted by Gasteiger charge is -2.33. The number of pyridine rings is 1. The van der Waals surface area contributed by atoms with Crippen LogP contribution in [-0.4, -0.2) is 79.5 Å². The van der Waals surface area contributed by atoms with E-state index in [9.17, 15) is 18.3 Å². The Kier molecular flexibility index (Phi) is 7.79. The lowest BCUT2D eigenvalue weighted by atomic mass is 10.1. The number of anilines is 2. The fourth-order valence-electron chi connectivity index (χ4n) is 4.79. The van der Waals surface area contributed by atoms with E-state index in [-0.39, 0.29) is 12.1 Å². The van der Waals surface area contributed by atoms with Crippen molar-refractivity contribution in [3.05, 3.63) is 82.9 Å². The first-order valence-electron chi connectivity index (χ1n) is 13.3. The number of nitrogens with one attached hydrogen (secondary N) is 1. The number of hydrogen-bond acceptors (Lipinski definition) is 9. The molecule has 0 amide bonds. The maximum atomic E-state index is 13.2. The van der Waals surface area contributed by atoms with Crippen LogP contribution >= 0.6 is 0 Å². The van der Waals surface area contributed by atoms with Gasteiger partial charge in [-0.15, -0.1) is 6.58 Å². The molecule has 1 saturated heterocycles. The molecular weight excluding hydrogens is 544 g/mol. The van der Waals surface area contributed by atoms with E-state index in [2.05, 4.69) is 31.7 Å². The molecule has 1 fully saturated rings. The monoisotopic (exact) mass is 578 g/mol. The molecule has 0 spiro atoms. The van der Waals surface area contributed by atoms with E-state index in [1.54, 1.807) is 42.8 Å². The van der Waals surface area contributed by atoms with Crippen LogP contribution in [0.3, 0.4) is 0 Å². The summed E-state index contributed by atoms with van der Waals surface area (Å²) in [7, 11) is -3.15. The Labute approximate surface area is 238 Å². The van der Waals surface area contributed by atoms with Crippen molar-refractivity contribution >= 4 is 32.7 Å². The summed E-state index contributed by atoms with van der Waals surface area (Å²) in [6, 6.07) is 13.1. The summed E-state index contributed by atoms with van der Waals surface area (Å²) in [5.41, 5.74) is 1.27. The zero-order chi connectivity index (χ0) is 29.4. The summed E-state index contributed by atoms with van der Waals surface area (Å²) in [6.45, 7) is 10.4. The molecule has 3 aromatic heterocycles. The third kappa shape index (κ3) is 6.22. The second-order valence-corrected chi connectivity index (χ2v) is 12.6. The van der Waals surface area contributed by atoms with Crippen molar-refractivity contribution in [2.24, 2.45) is 0 Å². The largest absolute Gasteiger partial charge is 0.384 e. The Balaban J connectivity index is 1.38. The summed E-state index contributed by atoms with van der Waals surface area (Å²) in [4.78, 5) is 29.1. The SMILES string of the molecule is C=CCn1c(=O)c2cnc(Nc3ccc(CN4CCN(S(C)(=O)=O)CC4)cc3)nc2n1-c1cccc(C(C)(C)O)n1. The van der Waals surface area contributed by atoms with Crippen LogP contribution in [0.25, 0.3) is 16.9 Å². The van der Waals surface area contributed by atoms with Gasteiger partial charge in [0.2, 0.25) is 16.0 Å². The Morgan fingerprint density at radius 1 is 1.07 bits per heavy atom. The lowest BCUT2D eigenvalue weighted by Crippen LogP contribution is -2.47. The zero-order valence-electron chi connectivity index (χ0n) is 23.4. The number of hydrogen-bond donors (Lipinski definition) is 2. The number of aromatic nitrogens is 5. The second kappa shape index (κ2) is 11.2. The van der Waals surface area contributed by atoms with E-state index in [0.717, 1.165) is 17.8 Å². The van der Waals surface area contributed by atoms with Gasteiger partial charge in [0, 0.05) is 44.6 Å². The third-order valence-corrected chi connectivity index (χ3v) is 8.28. The number of allylic oxidation sites excluding steroid dienone is 1. The van der Waals surface area contributed by atoms with Crippen molar-refractivity contribution < 1.29 is 13.5 Å². The van der Waals surface area contributed by atoms with Gasteiger partial charge in [0.05, 0.1) is 18.5 Å². The summed E-state index contributed by atoms with van der Waals surface area (Å²) < 4.78 is 28.1. The minimum atomic E-state index is -3.15. The molecule has 1 aliphatic heterocycles. The highest BCUT2D eigenvalue weighted by molar-refractivity contribution is 7.88. The van der Waals surface area contributed by atoms with Gasteiger partial charge in [-0.1, -0.05) is 24.3 Å². The van der Waals surface area contributed by atoms with E-state index in [1.807, 2.05) is 24.3 Å². The van der Waals surface area contributed by atoms with Crippen LogP contribution < -0.4 is 10.9 Å². The summed E-state index contributed by atoms with van der Waals surface area (Å²) >= 11 is 0. The van der Waals surface area contributed by atoms with Crippen LogP contribution in [0.15, 0.2) is 66.1 Å². The van der Waals surface area contributed by atoms with Gasteiger partial charge in [0.1, 0.15) is 11.0 Å². The first-order valence-corrected chi connectivity index (χ1v) is 15.1. The van der Waals surface area contributed by atoms with E-state index < -0.39 is 15.6 Å². The summed E-state index contributed by atoms with van der Waals surface area (Å²) in [6.07, 6.45) is 4.36. The van der Waals surface area contributed by atoms with Crippen molar-refractivity contribution in [1.82, 2.24) is 33.5 Å². The summed E-state index contributed by atoms with van der Waals surface area (Å²) in [5, 5.41) is 14.0. The van der Waals surface area contributed by atoms with Gasteiger partial charge in [-0.25, -0.2) is 27.7 Å². The predicted octanol–water partition coefficient (Wildman–Crippen LogP) is 2.21. The third-order valence-electron chi connectivity index (χ3n) is 6.97. The molecule has 4 heterocycles. The summed E-state index contributed by atoms with van der Waals surface area (Å²) in [5.74, 6) is 0.746. The standard InChI is InChI=1S/C28H34N8O4S/c1-5-13-35-26(37)22-18-29-27(32-25(22)36(35)24-8-6-7-23(31-24)28(2,3)38)30-21-11-9-20(10-12-21)19-33-14-16-34(17-15-33)41(4,39)40/h5-12,18,38H,1,13-17,19H2,2-4H3,(H,29,30,32). The van der Waals surface area contributed by atoms with Crippen LogP contribution in [0.2, 0.25) is 0 Å². The van der Waals surface area contributed by atoms with Crippen molar-refractivity contribution in [3.8, 4) is 5.82 Å². The number of aliphatic hydroxyl groups is 1. The van der Waals surface area contributed by atoms with E-state index in [0.29, 0.717) is 54.7 Å². The van der Waals surface area contributed by atoms with E-state index in [1.165, 1.54) is 21.4 Å². The van der Waals surface area contributed by atoms with Gasteiger partial charge in [-0.3, -0.25) is 9.69 Å². The molecule has 0 bridgehead atoms. The van der Waals surface area contributed by atoms with Gasteiger partial charge >= 0.3 is 0 Å². The molecule has 0 radical (unpaired) electrons. The van der Waals surface area contributed by atoms with Crippen molar-refractivity contribution in [2.75, 3.05) is 37.8 Å². The highest BCUT2D eigenvalue weighted by Gasteiger charge is 2.24. The minimum absolute atomic E-state index is 0.233. The predicted molar refractivity (Wildman–Crippen MR) is 158 cm³/mol. The Morgan fingerprint density at radius 3 is 2.41 bits per heavy atom. The average molecular weight is 579 g/mol. The fourth-order valence-corrected chi connectivity index (χ4v) is 5.62. The molecule has 5 rings (SSSR count). The second-order valence-electron chi connectivity index (χ2n) is 10.6. The molecule has 41 heavy (non-hydrogen) atoms. The first kappa shape index (κ1) is 28.6. The van der Waals surface area contributed by atoms with Gasteiger partial charge in [-0.05, 0) is 43.7 Å². The number of piperazine rings is 1. The number of rotatable bonds is 9. The van der Waals surface area contributed by atoms with Crippen LogP contribution in [0.1, 0.15) is 25.1 Å². The van der Waals surface area contributed by atoms with Gasteiger partial charge in [0.15, 0.2) is 11.5 Å². The van der Waals surface area contributed by atoms with E-state index in [4.69, 9.17) is 0 Å². The fraction of sp³-hybridized carbons (Fsp3) is 0.357. The van der Waals surface area contributed by atoms with E-state index >= 15 is 0 Å². The highest BCUT2D eigenvalue weighted by Crippen LogP contribution is 2.22. The Morgan fingerprint density at radius 2 is 1.78 bits per heavy atom. The molecule has 12 nitrogen and oxygen atoms in total. The van der Waals surface area contributed by atoms with Crippen LogP contribution in [0.4, 0.5) is 11.6 Å². The van der Waals surface area contributed by atoms with Gasteiger partial charge < -0.3 is 10.4 Å².